The summed E-state index contributed by atoms with van der Waals surface area (Å²) >= 11 is 0. The Labute approximate surface area is 203 Å². The summed E-state index contributed by atoms with van der Waals surface area (Å²) in [6.07, 6.45) is 1.96. The van der Waals surface area contributed by atoms with Crippen molar-refractivity contribution in [3.8, 4) is 0 Å². The summed E-state index contributed by atoms with van der Waals surface area (Å²) in [6, 6.07) is 5.22. The van der Waals surface area contributed by atoms with Crippen molar-refractivity contribution in [2.24, 2.45) is 16.5 Å². The van der Waals surface area contributed by atoms with Gasteiger partial charge in [-0.3, -0.25) is 14.6 Å². The van der Waals surface area contributed by atoms with Crippen LogP contribution in [0.1, 0.15) is 58.9 Å². The van der Waals surface area contributed by atoms with E-state index in [0.29, 0.717) is 19.4 Å². The lowest BCUT2D eigenvalue weighted by atomic mass is 10.1. The van der Waals surface area contributed by atoms with E-state index in [0.717, 1.165) is 12.0 Å². The molecule has 0 radical (unpaired) electrons. The monoisotopic (exact) mass is 497 g/mol. The maximum atomic E-state index is 13.4. The maximum Gasteiger partial charge on any atom is 0.326 e. The number of nitrogens with one attached hydrogen (secondary N) is 1. The van der Waals surface area contributed by atoms with Gasteiger partial charge < -0.3 is 21.1 Å². The highest BCUT2D eigenvalue weighted by molar-refractivity contribution is 7.89. The highest BCUT2D eigenvalue weighted by atomic mass is 32.2. The highest BCUT2D eigenvalue weighted by Gasteiger charge is 2.31. The molecule has 0 aliphatic carbocycles. The lowest BCUT2D eigenvalue weighted by Gasteiger charge is -2.28. The minimum Gasteiger partial charge on any atom is -0.459 e. The van der Waals surface area contributed by atoms with Crippen LogP contribution in [0.4, 0.5) is 0 Å². The van der Waals surface area contributed by atoms with Crippen LogP contribution in [0.5, 0.6) is 0 Å². The number of esters is 1. The quantitative estimate of drug-likeness (QED) is 0.162. The van der Waals surface area contributed by atoms with Crippen molar-refractivity contribution in [3.05, 3.63) is 29.8 Å². The zero-order valence-electron chi connectivity index (χ0n) is 20.8. The van der Waals surface area contributed by atoms with Gasteiger partial charge in [0.2, 0.25) is 15.9 Å². The molecule has 11 heteroatoms. The topological polar surface area (TPSA) is 157 Å². The van der Waals surface area contributed by atoms with Crippen molar-refractivity contribution in [3.63, 3.8) is 0 Å². The Morgan fingerprint density at radius 2 is 1.76 bits per heavy atom. The molecule has 1 aromatic rings. The average Bonchev–Trinajstić information content (AvgIpc) is 2.71. The number of ether oxygens (including phenoxy) is 1. The maximum absolute atomic E-state index is 13.4. The molecule has 0 fully saturated rings. The SMILES string of the molecule is CCCCN(CC(=O)OC(C)(C)C)C(=O)[C@H](CCCN=C(N)N)NS(=O)(=O)c1ccc(C)cc1. The van der Waals surface area contributed by atoms with Gasteiger partial charge in [-0.05, 0) is 59.1 Å². The Hall–Kier alpha value is -2.66. The van der Waals surface area contributed by atoms with Crippen LogP contribution in [0, 0.1) is 6.92 Å². The average molecular weight is 498 g/mol. The lowest BCUT2D eigenvalue weighted by molar-refractivity contribution is -0.159. The number of unbranched alkanes of at least 4 members (excludes halogenated alkanes) is 1. The largest absolute Gasteiger partial charge is 0.459 e. The van der Waals surface area contributed by atoms with Crippen LogP contribution < -0.4 is 16.2 Å². The van der Waals surface area contributed by atoms with E-state index in [1.165, 1.54) is 17.0 Å². The smallest absolute Gasteiger partial charge is 0.326 e. The Morgan fingerprint density at radius 1 is 1.15 bits per heavy atom. The first kappa shape index (κ1) is 29.4. The van der Waals surface area contributed by atoms with Gasteiger partial charge in [-0.1, -0.05) is 31.0 Å². The zero-order valence-corrected chi connectivity index (χ0v) is 21.7. The molecule has 5 N–H and O–H groups in total. The van der Waals surface area contributed by atoms with E-state index in [4.69, 9.17) is 16.2 Å². The number of aryl methyl sites for hydroxylation is 1. The van der Waals surface area contributed by atoms with E-state index in [9.17, 15) is 18.0 Å². The summed E-state index contributed by atoms with van der Waals surface area (Å²) in [5.74, 6) is -1.14. The van der Waals surface area contributed by atoms with Crippen LogP contribution in [0.3, 0.4) is 0 Å². The zero-order chi connectivity index (χ0) is 25.9. The molecule has 10 nitrogen and oxygen atoms in total. The second kappa shape index (κ2) is 13.3. The van der Waals surface area contributed by atoms with Crippen LogP contribution in [-0.4, -0.2) is 62.4 Å². The van der Waals surface area contributed by atoms with Gasteiger partial charge in [0.15, 0.2) is 5.96 Å². The second-order valence-electron chi connectivity index (χ2n) is 9.14. The summed E-state index contributed by atoms with van der Waals surface area (Å²) < 4.78 is 33.9. The Bertz CT molecular complexity index is 935. The molecule has 1 amide bonds. The minimum absolute atomic E-state index is 0.0485. The molecule has 1 atom stereocenters. The van der Waals surface area contributed by atoms with Gasteiger partial charge in [0, 0.05) is 13.1 Å². The van der Waals surface area contributed by atoms with E-state index in [1.807, 2.05) is 13.8 Å². The van der Waals surface area contributed by atoms with E-state index in [2.05, 4.69) is 9.71 Å². The van der Waals surface area contributed by atoms with Crippen LogP contribution in [0.25, 0.3) is 0 Å². The number of benzene rings is 1. The van der Waals surface area contributed by atoms with Gasteiger partial charge in [-0.2, -0.15) is 4.72 Å². The molecule has 1 aromatic carbocycles. The van der Waals surface area contributed by atoms with Crippen molar-refractivity contribution >= 4 is 27.9 Å². The number of nitrogens with two attached hydrogens (primary N) is 2. The molecule has 0 spiro atoms. The van der Waals surface area contributed by atoms with Crippen LogP contribution in [-0.2, 0) is 24.3 Å². The Balaban J connectivity index is 3.15. The van der Waals surface area contributed by atoms with E-state index in [1.54, 1.807) is 32.9 Å². The van der Waals surface area contributed by atoms with Crippen LogP contribution in [0.15, 0.2) is 34.2 Å². The molecular formula is C23H39N5O5S. The number of rotatable bonds is 13. The van der Waals surface area contributed by atoms with Crippen molar-refractivity contribution in [1.82, 2.24) is 9.62 Å². The number of aliphatic imine (C=N–C) groups is 1. The summed E-state index contributed by atoms with van der Waals surface area (Å²) in [6.45, 7) is 9.30. The van der Waals surface area contributed by atoms with E-state index < -0.39 is 33.5 Å². The fourth-order valence-electron chi connectivity index (χ4n) is 3.08. The van der Waals surface area contributed by atoms with Gasteiger partial charge in [-0.15, -0.1) is 0 Å². The summed E-state index contributed by atoms with van der Waals surface area (Å²) in [5, 5.41) is 0. The third-order valence-corrected chi connectivity index (χ3v) is 6.19. The normalized spacial score (nSPS) is 12.6. The summed E-state index contributed by atoms with van der Waals surface area (Å²) in [7, 11) is -3.98. The third-order valence-electron chi connectivity index (χ3n) is 4.71. The van der Waals surface area contributed by atoms with Gasteiger partial charge in [-0.25, -0.2) is 8.42 Å². The number of amides is 1. The predicted molar refractivity (Wildman–Crippen MR) is 133 cm³/mol. The van der Waals surface area contributed by atoms with E-state index in [-0.39, 0.29) is 30.4 Å². The van der Waals surface area contributed by atoms with E-state index >= 15 is 0 Å². The Morgan fingerprint density at radius 3 is 2.29 bits per heavy atom. The highest BCUT2D eigenvalue weighted by Crippen LogP contribution is 2.15. The first-order valence-electron chi connectivity index (χ1n) is 11.4. The molecule has 0 saturated heterocycles. The first-order valence-corrected chi connectivity index (χ1v) is 12.9. The molecule has 1 rings (SSSR count). The van der Waals surface area contributed by atoms with Crippen molar-refractivity contribution < 1.29 is 22.7 Å². The Kier molecular flexibility index (Phi) is 11.5. The second-order valence-corrected chi connectivity index (χ2v) is 10.8. The molecule has 192 valence electrons. The van der Waals surface area contributed by atoms with Gasteiger partial charge in [0.1, 0.15) is 18.2 Å². The van der Waals surface area contributed by atoms with Crippen molar-refractivity contribution in [2.75, 3.05) is 19.6 Å². The van der Waals surface area contributed by atoms with Crippen molar-refractivity contribution in [1.29, 1.82) is 0 Å². The molecule has 0 heterocycles. The molecule has 0 aromatic heterocycles. The number of hydrogen-bond donors (Lipinski definition) is 3. The number of nitrogens with zero attached hydrogens (tertiary/aromatic N) is 2. The predicted octanol–water partition coefficient (Wildman–Crippen LogP) is 1.67. The fraction of sp³-hybridized carbons (Fsp3) is 0.609. The molecule has 0 unspecified atom stereocenters. The third kappa shape index (κ3) is 11.0. The molecule has 0 bridgehead atoms. The molecule has 34 heavy (non-hydrogen) atoms. The first-order chi connectivity index (χ1) is 15.7. The molecular weight excluding hydrogens is 458 g/mol. The van der Waals surface area contributed by atoms with Crippen LogP contribution in [0.2, 0.25) is 0 Å². The van der Waals surface area contributed by atoms with Gasteiger partial charge in [0.05, 0.1) is 4.90 Å². The summed E-state index contributed by atoms with van der Waals surface area (Å²) in [5.41, 5.74) is 10.9. The molecule has 0 aliphatic heterocycles. The van der Waals surface area contributed by atoms with Gasteiger partial charge >= 0.3 is 5.97 Å². The van der Waals surface area contributed by atoms with Crippen LogP contribution >= 0.6 is 0 Å². The standard InChI is InChI=1S/C23H39N5O5S/c1-6-7-15-28(16-20(29)33-23(3,4)5)21(30)19(9-8-14-26-22(24)25)27-34(31,32)18-12-10-17(2)11-13-18/h10-13,19,27H,6-9,14-16H2,1-5H3,(H4,24,25,26)/t19-/m0/s1. The number of guanidine groups is 1. The fourth-order valence-corrected chi connectivity index (χ4v) is 4.30. The molecule has 0 saturated carbocycles. The number of carbonyl (C=O) groups is 2. The molecule has 0 aliphatic rings. The number of carbonyl (C=O) groups excluding carboxylic acids is 2. The minimum atomic E-state index is -3.98. The van der Waals surface area contributed by atoms with Crippen molar-refractivity contribution in [2.45, 2.75) is 76.8 Å². The number of hydrogen-bond acceptors (Lipinski definition) is 6. The number of sulfonamides is 1. The summed E-state index contributed by atoms with van der Waals surface area (Å²) in [4.78, 5) is 31.2. The van der Waals surface area contributed by atoms with Gasteiger partial charge in [0.25, 0.3) is 0 Å². The lowest BCUT2D eigenvalue weighted by Crippen LogP contribution is -2.50.